The number of carbonyl (C=O) groups excluding carboxylic acids is 2. The van der Waals surface area contributed by atoms with E-state index in [0.29, 0.717) is 37.8 Å². The topological polar surface area (TPSA) is 93.5 Å². The number of nitrogens with zero attached hydrogens (tertiary/aromatic N) is 3. The second-order valence-electron chi connectivity index (χ2n) is 7.90. The Morgan fingerprint density at radius 2 is 1.93 bits per heavy atom. The first-order valence-corrected chi connectivity index (χ1v) is 9.54. The smallest absolute Gasteiger partial charge is 0.407 e. The van der Waals surface area contributed by atoms with Crippen LogP contribution in [-0.2, 0) is 11.3 Å². The summed E-state index contributed by atoms with van der Waals surface area (Å²) in [6, 6.07) is 2.89. The molecule has 2 amide bonds. The van der Waals surface area contributed by atoms with Gasteiger partial charge in [-0.05, 0) is 52.0 Å². The van der Waals surface area contributed by atoms with Crippen LogP contribution < -0.4 is 10.9 Å². The van der Waals surface area contributed by atoms with Crippen LogP contribution in [0.1, 0.15) is 57.4 Å². The number of aryl methyl sites for hydroxylation is 1. The van der Waals surface area contributed by atoms with Gasteiger partial charge in [-0.3, -0.25) is 9.59 Å². The molecule has 2 rings (SSSR count). The summed E-state index contributed by atoms with van der Waals surface area (Å²) in [5, 5.41) is 6.99. The van der Waals surface area contributed by atoms with Crippen molar-refractivity contribution in [3.8, 4) is 0 Å². The van der Waals surface area contributed by atoms with E-state index < -0.39 is 11.7 Å². The number of amides is 2. The quantitative estimate of drug-likeness (QED) is 0.846. The van der Waals surface area contributed by atoms with Crippen LogP contribution in [0.4, 0.5) is 4.79 Å². The lowest BCUT2D eigenvalue weighted by molar-refractivity contribution is 0.0499. The molecule has 1 aromatic heterocycles. The summed E-state index contributed by atoms with van der Waals surface area (Å²) in [6.07, 6.45) is 1.97. The minimum absolute atomic E-state index is 0.154. The maximum atomic E-state index is 12.7. The molecule has 1 N–H and O–H groups in total. The number of nitrogens with one attached hydrogen (secondary N) is 1. The van der Waals surface area contributed by atoms with Gasteiger partial charge in [-0.25, -0.2) is 9.48 Å². The molecular weight excluding hydrogens is 348 g/mol. The summed E-state index contributed by atoms with van der Waals surface area (Å²) in [5.41, 5.74) is -0.407. The van der Waals surface area contributed by atoms with Crippen LogP contribution in [0.5, 0.6) is 0 Å². The van der Waals surface area contributed by atoms with E-state index in [1.165, 1.54) is 16.8 Å². The lowest BCUT2D eigenvalue weighted by atomic mass is 9.96. The molecule has 0 spiro atoms. The van der Waals surface area contributed by atoms with Crippen molar-refractivity contribution in [1.29, 1.82) is 0 Å². The second-order valence-corrected chi connectivity index (χ2v) is 7.90. The predicted molar refractivity (Wildman–Crippen MR) is 102 cm³/mol. The van der Waals surface area contributed by atoms with Gasteiger partial charge < -0.3 is 15.0 Å². The van der Waals surface area contributed by atoms with Gasteiger partial charge in [0.25, 0.3) is 11.5 Å². The minimum atomic E-state index is -0.513. The highest BCUT2D eigenvalue weighted by atomic mass is 16.6. The maximum absolute atomic E-state index is 12.7. The molecule has 1 aliphatic rings. The van der Waals surface area contributed by atoms with Crippen molar-refractivity contribution in [2.75, 3.05) is 19.6 Å². The first-order valence-electron chi connectivity index (χ1n) is 9.54. The molecule has 8 nitrogen and oxygen atoms in total. The van der Waals surface area contributed by atoms with Crippen molar-refractivity contribution in [2.45, 2.75) is 59.1 Å². The van der Waals surface area contributed by atoms with Gasteiger partial charge in [0, 0.05) is 32.2 Å². The molecular formula is C19H30N4O4. The lowest BCUT2D eigenvalue weighted by Gasteiger charge is -2.32. The Bertz CT molecular complexity index is 715. The average Bonchev–Trinajstić information content (AvgIpc) is 2.60. The number of carbonyl (C=O) groups is 2. The van der Waals surface area contributed by atoms with Crippen molar-refractivity contribution >= 4 is 12.0 Å². The predicted octanol–water partition coefficient (Wildman–Crippen LogP) is 2.03. The SMILES string of the molecule is CCCn1nc(C(=O)N2CCC(CNC(=O)OC(C)(C)C)CC2)ccc1=O. The standard InChI is InChI=1S/C19H30N4O4/c1-5-10-23-16(24)7-6-15(21-23)17(25)22-11-8-14(9-12-22)13-20-18(26)27-19(2,3)4/h6-7,14H,5,8-13H2,1-4H3,(H,20,26). The van der Waals surface area contributed by atoms with E-state index in [1.807, 2.05) is 27.7 Å². The first kappa shape index (κ1) is 20.9. The normalized spacial score (nSPS) is 15.5. The van der Waals surface area contributed by atoms with Gasteiger partial charge in [0.1, 0.15) is 11.3 Å². The third-order valence-electron chi connectivity index (χ3n) is 4.36. The molecule has 0 radical (unpaired) electrons. The molecule has 0 aliphatic carbocycles. The lowest BCUT2D eigenvalue weighted by Crippen LogP contribution is -2.43. The number of rotatable bonds is 5. The van der Waals surface area contributed by atoms with E-state index >= 15 is 0 Å². The van der Waals surface area contributed by atoms with Crippen molar-refractivity contribution in [2.24, 2.45) is 5.92 Å². The third-order valence-corrected chi connectivity index (χ3v) is 4.36. The molecule has 1 aliphatic heterocycles. The number of hydrogen-bond acceptors (Lipinski definition) is 5. The van der Waals surface area contributed by atoms with Gasteiger partial charge in [0.2, 0.25) is 0 Å². The maximum Gasteiger partial charge on any atom is 0.407 e. The molecule has 0 unspecified atom stereocenters. The largest absolute Gasteiger partial charge is 0.444 e. The van der Waals surface area contributed by atoms with E-state index in [1.54, 1.807) is 4.90 Å². The molecule has 0 atom stereocenters. The molecule has 8 heteroatoms. The number of piperidine rings is 1. The molecule has 27 heavy (non-hydrogen) atoms. The summed E-state index contributed by atoms with van der Waals surface area (Å²) in [4.78, 5) is 37.9. The summed E-state index contributed by atoms with van der Waals surface area (Å²) in [5.74, 6) is 0.155. The van der Waals surface area contributed by atoms with Gasteiger partial charge in [-0.2, -0.15) is 5.10 Å². The van der Waals surface area contributed by atoms with Crippen molar-refractivity contribution in [1.82, 2.24) is 20.0 Å². The van der Waals surface area contributed by atoms with E-state index in [-0.39, 0.29) is 11.5 Å². The Morgan fingerprint density at radius 3 is 2.52 bits per heavy atom. The fourth-order valence-electron chi connectivity index (χ4n) is 2.98. The highest BCUT2D eigenvalue weighted by Crippen LogP contribution is 2.18. The van der Waals surface area contributed by atoms with Crippen LogP contribution in [0.3, 0.4) is 0 Å². The van der Waals surface area contributed by atoms with Crippen molar-refractivity contribution in [3.05, 3.63) is 28.2 Å². The molecule has 1 fully saturated rings. The van der Waals surface area contributed by atoms with Crippen LogP contribution in [0.15, 0.2) is 16.9 Å². The summed E-state index contributed by atoms with van der Waals surface area (Å²) in [6.45, 7) is 9.69. The number of ether oxygens (including phenoxy) is 1. The molecule has 150 valence electrons. The highest BCUT2D eigenvalue weighted by Gasteiger charge is 2.25. The first-order chi connectivity index (χ1) is 12.7. The zero-order valence-corrected chi connectivity index (χ0v) is 16.7. The second kappa shape index (κ2) is 9.01. The van der Waals surface area contributed by atoms with Crippen LogP contribution in [0, 0.1) is 5.92 Å². The summed E-state index contributed by atoms with van der Waals surface area (Å²) < 4.78 is 6.57. The van der Waals surface area contributed by atoms with Crippen LogP contribution in [-0.4, -0.2) is 51.9 Å². The van der Waals surface area contributed by atoms with Gasteiger partial charge in [-0.1, -0.05) is 6.92 Å². The van der Waals surface area contributed by atoms with Crippen molar-refractivity contribution in [3.63, 3.8) is 0 Å². The highest BCUT2D eigenvalue weighted by molar-refractivity contribution is 5.92. The zero-order valence-electron chi connectivity index (χ0n) is 16.7. The fourth-order valence-corrected chi connectivity index (χ4v) is 2.98. The number of alkyl carbamates (subject to hydrolysis) is 1. The third kappa shape index (κ3) is 6.37. The molecule has 2 heterocycles. The number of hydrogen-bond donors (Lipinski definition) is 1. The molecule has 1 saturated heterocycles. The number of likely N-dealkylation sites (tertiary alicyclic amines) is 1. The van der Waals surface area contributed by atoms with E-state index in [0.717, 1.165) is 19.3 Å². The molecule has 0 aromatic carbocycles. The van der Waals surface area contributed by atoms with Gasteiger partial charge in [0.05, 0.1) is 0 Å². The Balaban J connectivity index is 1.85. The minimum Gasteiger partial charge on any atom is -0.444 e. The van der Waals surface area contributed by atoms with Gasteiger partial charge >= 0.3 is 6.09 Å². The molecule has 0 saturated carbocycles. The fraction of sp³-hybridized carbons (Fsp3) is 0.684. The van der Waals surface area contributed by atoms with E-state index in [9.17, 15) is 14.4 Å². The van der Waals surface area contributed by atoms with E-state index in [2.05, 4.69) is 10.4 Å². The Hall–Kier alpha value is -2.38. The van der Waals surface area contributed by atoms with Crippen LogP contribution in [0.2, 0.25) is 0 Å². The van der Waals surface area contributed by atoms with Crippen LogP contribution >= 0.6 is 0 Å². The van der Waals surface area contributed by atoms with Crippen LogP contribution in [0.25, 0.3) is 0 Å². The molecule has 1 aromatic rings. The van der Waals surface area contributed by atoms with Crippen molar-refractivity contribution < 1.29 is 14.3 Å². The Labute approximate surface area is 159 Å². The zero-order chi connectivity index (χ0) is 20.0. The summed E-state index contributed by atoms with van der Waals surface area (Å²) in [7, 11) is 0. The van der Waals surface area contributed by atoms with Gasteiger partial charge in [0.15, 0.2) is 0 Å². The van der Waals surface area contributed by atoms with Gasteiger partial charge in [-0.15, -0.1) is 0 Å². The summed E-state index contributed by atoms with van der Waals surface area (Å²) >= 11 is 0. The Morgan fingerprint density at radius 1 is 1.26 bits per heavy atom. The Kier molecular flexibility index (Phi) is 6.98. The monoisotopic (exact) mass is 378 g/mol. The average molecular weight is 378 g/mol. The van der Waals surface area contributed by atoms with E-state index in [4.69, 9.17) is 4.74 Å². The molecule has 0 bridgehead atoms. The number of aromatic nitrogens is 2.